The van der Waals surface area contributed by atoms with E-state index in [0.717, 1.165) is 18.4 Å². The van der Waals surface area contributed by atoms with Crippen molar-refractivity contribution in [3.05, 3.63) is 29.8 Å². The van der Waals surface area contributed by atoms with Gasteiger partial charge in [0.25, 0.3) is 0 Å². The molecule has 0 amide bonds. The molecular weight excluding hydrogens is 236 g/mol. The number of nitrogens with two attached hydrogens (primary N) is 1. The van der Waals surface area contributed by atoms with Gasteiger partial charge in [0.15, 0.2) is 0 Å². The van der Waals surface area contributed by atoms with Gasteiger partial charge in [0.1, 0.15) is 0 Å². The molecule has 0 bridgehead atoms. The summed E-state index contributed by atoms with van der Waals surface area (Å²) in [4.78, 5) is 0.316. The molecule has 1 saturated carbocycles. The smallest absolute Gasteiger partial charge is 0.240 e. The maximum absolute atomic E-state index is 12.0. The summed E-state index contributed by atoms with van der Waals surface area (Å²) in [6, 6.07) is 6.84. The molecule has 5 heteroatoms. The van der Waals surface area contributed by atoms with Crippen LogP contribution in [0.1, 0.15) is 18.4 Å². The Morgan fingerprint density at radius 3 is 2.35 bits per heavy atom. The molecule has 1 aromatic carbocycles. The van der Waals surface area contributed by atoms with Crippen LogP contribution in [0.5, 0.6) is 0 Å². The zero-order valence-corrected chi connectivity index (χ0v) is 10.8. The van der Waals surface area contributed by atoms with Crippen molar-refractivity contribution in [3.63, 3.8) is 0 Å². The summed E-state index contributed by atoms with van der Waals surface area (Å²) in [6.45, 7) is 2.92. The van der Waals surface area contributed by atoms with Crippen molar-refractivity contribution in [1.82, 2.24) is 4.72 Å². The van der Waals surface area contributed by atoms with Crippen LogP contribution in [0.3, 0.4) is 0 Å². The van der Waals surface area contributed by atoms with E-state index >= 15 is 0 Å². The third kappa shape index (κ3) is 2.86. The molecule has 1 aliphatic carbocycles. The van der Waals surface area contributed by atoms with Crippen molar-refractivity contribution in [2.24, 2.45) is 11.1 Å². The van der Waals surface area contributed by atoms with Crippen molar-refractivity contribution in [2.75, 3.05) is 13.1 Å². The molecule has 0 unspecified atom stereocenters. The zero-order valence-electron chi connectivity index (χ0n) is 9.94. The molecule has 0 saturated heterocycles. The Balaban J connectivity index is 2.06. The number of hydrogen-bond acceptors (Lipinski definition) is 3. The number of rotatable bonds is 5. The predicted molar refractivity (Wildman–Crippen MR) is 67.1 cm³/mol. The molecule has 17 heavy (non-hydrogen) atoms. The normalized spacial score (nSPS) is 18.0. The van der Waals surface area contributed by atoms with E-state index in [1.54, 1.807) is 24.3 Å². The maximum atomic E-state index is 12.0. The fraction of sp³-hybridized carbons (Fsp3) is 0.500. The van der Waals surface area contributed by atoms with Crippen LogP contribution < -0.4 is 10.5 Å². The summed E-state index contributed by atoms with van der Waals surface area (Å²) in [5, 5.41) is 0. The molecule has 0 radical (unpaired) electrons. The fourth-order valence-electron chi connectivity index (χ4n) is 1.68. The Morgan fingerprint density at radius 1 is 1.29 bits per heavy atom. The summed E-state index contributed by atoms with van der Waals surface area (Å²) in [5.41, 5.74) is 6.68. The monoisotopic (exact) mass is 254 g/mol. The Bertz CT molecular complexity index is 490. The van der Waals surface area contributed by atoms with Crippen LogP contribution in [-0.4, -0.2) is 21.5 Å². The van der Waals surface area contributed by atoms with Crippen LogP contribution >= 0.6 is 0 Å². The molecule has 2 rings (SSSR count). The lowest BCUT2D eigenvalue weighted by atomic mass is 10.1. The summed E-state index contributed by atoms with van der Waals surface area (Å²) >= 11 is 0. The van der Waals surface area contributed by atoms with Gasteiger partial charge < -0.3 is 5.73 Å². The van der Waals surface area contributed by atoms with Gasteiger partial charge >= 0.3 is 0 Å². The van der Waals surface area contributed by atoms with E-state index in [1.165, 1.54) is 0 Å². The first-order valence-corrected chi connectivity index (χ1v) is 7.22. The highest BCUT2D eigenvalue weighted by Crippen LogP contribution is 2.43. The number of benzene rings is 1. The lowest BCUT2D eigenvalue weighted by Crippen LogP contribution is -2.33. The van der Waals surface area contributed by atoms with Gasteiger partial charge in [-0.25, -0.2) is 13.1 Å². The average Bonchev–Trinajstić information content (AvgIpc) is 3.08. The second-order valence-electron chi connectivity index (χ2n) is 4.84. The Labute approximate surface area is 102 Å². The minimum absolute atomic E-state index is 0.0117. The van der Waals surface area contributed by atoms with Crippen LogP contribution in [0.4, 0.5) is 0 Å². The minimum atomic E-state index is -3.39. The highest BCUT2D eigenvalue weighted by molar-refractivity contribution is 7.89. The first kappa shape index (κ1) is 12.5. The van der Waals surface area contributed by atoms with E-state index in [9.17, 15) is 8.42 Å². The molecule has 1 fully saturated rings. The van der Waals surface area contributed by atoms with Gasteiger partial charge in [-0.15, -0.1) is 0 Å². The molecule has 0 spiro atoms. The van der Waals surface area contributed by atoms with Gasteiger partial charge in [0.2, 0.25) is 10.0 Å². The number of sulfonamides is 1. The van der Waals surface area contributed by atoms with Crippen molar-refractivity contribution >= 4 is 10.0 Å². The third-order valence-corrected chi connectivity index (χ3v) is 4.78. The van der Waals surface area contributed by atoms with Crippen LogP contribution in [0.15, 0.2) is 29.2 Å². The summed E-state index contributed by atoms with van der Waals surface area (Å²) in [5.74, 6) is 0. The molecule has 0 aromatic heterocycles. The van der Waals surface area contributed by atoms with E-state index < -0.39 is 10.0 Å². The van der Waals surface area contributed by atoms with Crippen LogP contribution in [0, 0.1) is 12.3 Å². The molecule has 1 aromatic rings. The van der Waals surface area contributed by atoms with E-state index in [4.69, 9.17) is 5.73 Å². The molecule has 3 N–H and O–H groups in total. The van der Waals surface area contributed by atoms with Crippen molar-refractivity contribution in [1.29, 1.82) is 0 Å². The quantitative estimate of drug-likeness (QED) is 0.823. The second kappa shape index (κ2) is 4.40. The molecule has 0 aliphatic heterocycles. The maximum Gasteiger partial charge on any atom is 0.240 e. The van der Waals surface area contributed by atoms with Crippen molar-refractivity contribution in [2.45, 2.75) is 24.7 Å². The molecule has 0 heterocycles. The molecule has 4 nitrogen and oxygen atoms in total. The molecule has 0 atom stereocenters. The van der Waals surface area contributed by atoms with Gasteiger partial charge in [0, 0.05) is 6.54 Å². The highest BCUT2D eigenvalue weighted by atomic mass is 32.2. The third-order valence-electron chi connectivity index (χ3n) is 3.36. The average molecular weight is 254 g/mol. The van der Waals surface area contributed by atoms with Gasteiger partial charge in [-0.3, -0.25) is 0 Å². The van der Waals surface area contributed by atoms with Gasteiger partial charge in [-0.05, 0) is 43.9 Å². The topological polar surface area (TPSA) is 72.2 Å². The standard InChI is InChI=1S/C12H18N2O2S/c1-10-2-4-11(5-3-10)17(15,16)14-9-12(8-13)6-7-12/h2-5,14H,6-9,13H2,1H3. The Kier molecular flexibility index (Phi) is 3.25. The van der Waals surface area contributed by atoms with Gasteiger partial charge in [0.05, 0.1) is 4.90 Å². The van der Waals surface area contributed by atoms with E-state index in [0.29, 0.717) is 18.0 Å². The number of nitrogens with one attached hydrogen (secondary N) is 1. The lowest BCUT2D eigenvalue weighted by Gasteiger charge is -2.13. The van der Waals surface area contributed by atoms with E-state index in [1.807, 2.05) is 6.92 Å². The van der Waals surface area contributed by atoms with Crippen molar-refractivity contribution in [3.8, 4) is 0 Å². The Hall–Kier alpha value is -0.910. The summed E-state index contributed by atoms with van der Waals surface area (Å²) < 4.78 is 26.6. The number of aryl methyl sites for hydroxylation is 1. The van der Waals surface area contributed by atoms with E-state index in [-0.39, 0.29) is 5.41 Å². The van der Waals surface area contributed by atoms with E-state index in [2.05, 4.69) is 4.72 Å². The predicted octanol–water partition coefficient (Wildman–Crippen LogP) is 1.01. The highest BCUT2D eigenvalue weighted by Gasteiger charge is 2.41. The minimum Gasteiger partial charge on any atom is -0.330 e. The van der Waals surface area contributed by atoms with Crippen LogP contribution in [0.2, 0.25) is 0 Å². The Morgan fingerprint density at radius 2 is 1.88 bits per heavy atom. The van der Waals surface area contributed by atoms with Crippen LogP contribution in [-0.2, 0) is 10.0 Å². The summed E-state index contributed by atoms with van der Waals surface area (Å²) in [7, 11) is -3.39. The molecular formula is C12H18N2O2S. The lowest BCUT2D eigenvalue weighted by molar-refractivity contribution is 0.501. The molecule has 1 aliphatic rings. The zero-order chi connectivity index (χ0) is 12.5. The van der Waals surface area contributed by atoms with Gasteiger partial charge in [-0.1, -0.05) is 17.7 Å². The van der Waals surface area contributed by atoms with Gasteiger partial charge in [-0.2, -0.15) is 0 Å². The van der Waals surface area contributed by atoms with Crippen molar-refractivity contribution < 1.29 is 8.42 Å². The first-order valence-electron chi connectivity index (χ1n) is 5.74. The second-order valence-corrected chi connectivity index (χ2v) is 6.61. The summed E-state index contributed by atoms with van der Waals surface area (Å²) in [6.07, 6.45) is 2.03. The first-order chi connectivity index (χ1) is 7.97. The SMILES string of the molecule is Cc1ccc(S(=O)(=O)NCC2(CN)CC2)cc1. The van der Waals surface area contributed by atoms with Crippen LogP contribution in [0.25, 0.3) is 0 Å². The number of hydrogen-bond donors (Lipinski definition) is 2. The fourth-order valence-corrected chi connectivity index (χ4v) is 2.84. The largest absolute Gasteiger partial charge is 0.330 e. The molecule has 94 valence electrons.